The summed E-state index contributed by atoms with van der Waals surface area (Å²) in [5.74, 6) is 0.709. The first-order chi connectivity index (χ1) is 7.72. The molecular formula is C11H10BrClN2O. The number of halogens is 2. The number of imidazole rings is 1. The number of nitrogens with zero attached hydrogens (tertiary/aromatic N) is 1. The second-order valence-corrected chi connectivity index (χ2v) is 4.52. The van der Waals surface area contributed by atoms with Crippen molar-refractivity contribution >= 4 is 27.5 Å². The van der Waals surface area contributed by atoms with Gasteiger partial charge < -0.3 is 10.1 Å². The number of aromatic amines is 1. The Bertz CT molecular complexity index is 498. The van der Waals surface area contributed by atoms with Gasteiger partial charge in [-0.3, -0.25) is 0 Å². The van der Waals surface area contributed by atoms with Crippen LogP contribution in [0.5, 0.6) is 0 Å². The van der Waals surface area contributed by atoms with Crippen molar-refractivity contribution in [2.75, 3.05) is 6.61 Å². The summed E-state index contributed by atoms with van der Waals surface area (Å²) in [6, 6.07) is 7.76. The van der Waals surface area contributed by atoms with E-state index in [1.54, 1.807) is 0 Å². The number of nitrogens with one attached hydrogen (secondary N) is 1. The van der Waals surface area contributed by atoms with Crippen molar-refractivity contribution in [3.63, 3.8) is 0 Å². The van der Waals surface area contributed by atoms with Gasteiger partial charge in [0, 0.05) is 23.1 Å². The van der Waals surface area contributed by atoms with E-state index in [9.17, 15) is 0 Å². The summed E-state index contributed by atoms with van der Waals surface area (Å²) >= 11 is 9.41. The van der Waals surface area contributed by atoms with Crippen LogP contribution in [0.25, 0.3) is 11.4 Å². The van der Waals surface area contributed by atoms with Gasteiger partial charge in [-0.1, -0.05) is 45.7 Å². The van der Waals surface area contributed by atoms with Gasteiger partial charge in [0.05, 0.1) is 5.69 Å². The normalized spacial score (nSPS) is 10.7. The van der Waals surface area contributed by atoms with E-state index in [-0.39, 0.29) is 6.61 Å². The number of aliphatic hydroxyl groups excluding tert-OH is 1. The molecule has 1 aromatic carbocycles. The first kappa shape index (κ1) is 11.6. The average Bonchev–Trinajstić information content (AvgIpc) is 2.61. The van der Waals surface area contributed by atoms with Crippen LogP contribution >= 0.6 is 27.5 Å². The van der Waals surface area contributed by atoms with E-state index < -0.39 is 0 Å². The lowest BCUT2D eigenvalue weighted by Crippen LogP contribution is -1.91. The Hall–Kier alpha value is -0.840. The standard InChI is InChI=1S/C11H10BrClN2O/c12-8-4-2-1-3-7(8)11-14-9(5-6-16)10(13)15-11/h1-4,16H,5-6H2,(H,14,15). The molecule has 0 aliphatic heterocycles. The molecule has 0 saturated heterocycles. The van der Waals surface area contributed by atoms with E-state index >= 15 is 0 Å². The van der Waals surface area contributed by atoms with E-state index in [1.165, 1.54) is 0 Å². The zero-order chi connectivity index (χ0) is 11.5. The van der Waals surface area contributed by atoms with Gasteiger partial charge in [-0.05, 0) is 6.07 Å². The van der Waals surface area contributed by atoms with Crippen molar-refractivity contribution < 1.29 is 5.11 Å². The minimum atomic E-state index is 0.0529. The quantitative estimate of drug-likeness (QED) is 0.915. The summed E-state index contributed by atoms with van der Waals surface area (Å²) < 4.78 is 0.955. The van der Waals surface area contributed by atoms with Gasteiger partial charge in [0.25, 0.3) is 0 Å². The van der Waals surface area contributed by atoms with Crippen molar-refractivity contribution in [1.29, 1.82) is 0 Å². The Kier molecular flexibility index (Phi) is 3.63. The minimum absolute atomic E-state index is 0.0529. The molecule has 0 fully saturated rings. The third-order valence-corrected chi connectivity index (χ3v) is 3.22. The summed E-state index contributed by atoms with van der Waals surface area (Å²) in [6.07, 6.45) is 0.482. The number of rotatable bonds is 3. The van der Waals surface area contributed by atoms with E-state index in [1.807, 2.05) is 24.3 Å². The predicted octanol–water partition coefficient (Wildman–Crippen LogP) is 3.03. The number of H-pyrrole nitrogens is 1. The SMILES string of the molecule is OCCc1[nH]c(-c2ccccc2Br)nc1Cl. The molecule has 2 N–H and O–H groups in total. The van der Waals surface area contributed by atoms with E-state index in [0.29, 0.717) is 17.4 Å². The molecule has 1 aromatic heterocycles. The summed E-state index contributed by atoms with van der Waals surface area (Å²) in [4.78, 5) is 7.34. The molecule has 0 bridgehead atoms. The fourth-order valence-electron chi connectivity index (χ4n) is 1.45. The predicted molar refractivity (Wildman–Crippen MR) is 67.5 cm³/mol. The van der Waals surface area contributed by atoms with Crippen LogP contribution in [0.3, 0.4) is 0 Å². The minimum Gasteiger partial charge on any atom is -0.396 e. The summed E-state index contributed by atoms with van der Waals surface area (Å²) in [5, 5.41) is 9.28. The zero-order valence-corrected chi connectivity index (χ0v) is 10.7. The molecule has 1 heterocycles. The summed E-state index contributed by atoms with van der Waals surface area (Å²) in [5.41, 5.74) is 1.71. The van der Waals surface area contributed by atoms with Crippen molar-refractivity contribution in [3.8, 4) is 11.4 Å². The molecule has 0 atom stereocenters. The molecule has 0 radical (unpaired) electrons. The first-order valence-corrected chi connectivity index (χ1v) is 5.99. The van der Waals surface area contributed by atoms with E-state index in [4.69, 9.17) is 16.7 Å². The Balaban J connectivity index is 2.42. The molecule has 2 aromatic rings. The number of hydrogen-bond donors (Lipinski definition) is 2. The lowest BCUT2D eigenvalue weighted by Gasteiger charge is -1.99. The van der Waals surface area contributed by atoms with Crippen LogP contribution in [0.15, 0.2) is 28.7 Å². The molecule has 0 saturated carbocycles. The molecular weight excluding hydrogens is 291 g/mol. The maximum absolute atomic E-state index is 8.86. The maximum Gasteiger partial charge on any atom is 0.150 e. The Labute approximate surface area is 107 Å². The lowest BCUT2D eigenvalue weighted by atomic mass is 10.2. The van der Waals surface area contributed by atoms with Crippen molar-refractivity contribution in [3.05, 3.63) is 39.6 Å². The molecule has 0 aliphatic rings. The molecule has 84 valence electrons. The highest BCUT2D eigenvalue weighted by atomic mass is 79.9. The highest BCUT2D eigenvalue weighted by Crippen LogP contribution is 2.27. The summed E-state index contributed by atoms with van der Waals surface area (Å²) in [7, 11) is 0. The van der Waals surface area contributed by atoms with Gasteiger partial charge in [0.15, 0.2) is 5.15 Å². The third-order valence-electron chi connectivity index (χ3n) is 2.22. The fourth-order valence-corrected chi connectivity index (χ4v) is 2.15. The fraction of sp³-hybridized carbons (Fsp3) is 0.182. The highest BCUT2D eigenvalue weighted by molar-refractivity contribution is 9.10. The number of aliphatic hydroxyl groups is 1. The number of hydrogen-bond acceptors (Lipinski definition) is 2. The van der Waals surface area contributed by atoms with Crippen LogP contribution < -0.4 is 0 Å². The topological polar surface area (TPSA) is 48.9 Å². The number of aromatic nitrogens is 2. The van der Waals surface area contributed by atoms with Crippen LogP contribution in [0.4, 0.5) is 0 Å². The van der Waals surface area contributed by atoms with E-state index in [0.717, 1.165) is 15.7 Å². The third kappa shape index (κ3) is 2.29. The van der Waals surface area contributed by atoms with Gasteiger partial charge in [-0.15, -0.1) is 0 Å². The lowest BCUT2D eigenvalue weighted by molar-refractivity contribution is 0.298. The second kappa shape index (κ2) is 4.99. The van der Waals surface area contributed by atoms with Gasteiger partial charge in [0.2, 0.25) is 0 Å². The molecule has 0 aliphatic carbocycles. The number of benzene rings is 1. The van der Waals surface area contributed by atoms with Crippen LogP contribution in [0, 0.1) is 0 Å². The average molecular weight is 302 g/mol. The maximum atomic E-state index is 8.86. The Morgan fingerprint density at radius 2 is 2.12 bits per heavy atom. The molecule has 5 heteroatoms. The smallest absolute Gasteiger partial charge is 0.150 e. The molecule has 16 heavy (non-hydrogen) atoms. The highest BCUT2D eigenvalue weighted by Gasteiger charge is 2.11. The van der Waals surface area contributed by atoms with Gasteiger partial charge in [-0.25, -0.2) is 4.98 Å². The summed E-state index contributed by atoms with van der Waals surface area (Å²) in [6.45, 7) is 0.0529. The van der Waals surface area contributed by atoms with Crippen molar-refractivity contribution in [1.82, 2.24) is 9.97 Å². The zero-order valence-electron chi connectivity index (χ0n) is 8.37. The van der Waals surface area contributed by atoms with Crippen LogP contribution in [0.1, 0.15) is 5.69 Å². The van der Waals surface area contributed by atoms with Gasteiger partial charge >= 0.3 is 0 Å². The van der Waals surface area contributed by atoms with E-state index in [2.05, 4.69) is 25.9 Å². The first-order valence-electron chi connectivity index (χ1n) is 4.82. The van der Waals surface area contributed by atoms with Gasteiger partial charge in [0.1, 0.15) is 5.82 Å². The molecule has 2 rings (SSSR count). The largest absolute Gasteiger partial charge is 0.396 e. The van der Waals surface area contributed by atoms with Gasteiger partial charge in [-0.2, -0.15) is 0 Å². The second-order valence-electron chi connectivity index (χ2n) is 3.31. The van der Waals surface area contributed by atoms with Crippen LogP contribution in [-0.4, -0.2) is 21.7 Å². The Morgan fingerprint density at radius 3 is 2.81 bits per heavy atom. The van der Waals surface area contributed by atoms with Crippen molar-refractivity contribution in [2.45, 2.75) is 6.42 Å². The van der Waals surface area contributed by atoms with Crippen LogP contribution in [-0.2, 0) is 6.42 Å². The molecule has 0 spiro atoms. The Morgan fingerprint density at radius 1 is 1.38 bits per heavy atom. The van der Waals surface area contributed by atoms with Crippen molar-refractivity contribution in [2.24, 2.45) is 0 Å². The molecule has 3 nitrogen and oxygen atoms in total. The monoisotopic (exact) mass is 300 g/mol. The van der Waals surface area contributed by atoms with Crippen LogP contribution in [0.2, 0.25) is 5.15 Å². The molecule has 0 unspecified atom stereocenters. The molecule has 0 amide bonds.